The van der Waals surface area contributed by atoms with Crippen molar-refractivity contribution in [1.29, 1.82) is 0 Å². The molecule has 12 heteroatoms. The SMILES string of the molecule is COc1ccc(-c2cc(-c3cc(CO)c(CO)c(CO)c3)on2)cc1OCCCCCCCCCOc1ccc(C2NC(=O)c3cc(C)ccc3N2)cc1CO. The molecule has 1 aliphatic rings. The Morgan fingerprint density at radius 3 is 1.98 bits per heavy atom. The third kappa shape index (κ3) is 9.69. The average molecular weight is 766 g/mol. The van der Waals surface area contributed by atoms with Crippen molar-refractivity contribution in [2.45, 2.75) is 84.5 Å². The minimum Gasteiger partial charge on any atom is -0.493 e. The average Bonchev–Trinajstić information content (AvgIpc) is 3.73. The number of carbonyl (C=O) groups is 1. The second kappa shape index (κ2) is 19.5. The second-order valence-electron chi connectivity index (χ2n) is 14.0. The number of methoxy groups -OCH3 is 1. The van der Waals surface area contributed by atoms with Gasteiger partial charge in [-0.15, -0.1) is 0 Å². The van der Waals surface area contributed by atoms with Gasteiger partial charge >= 0.3 is 0 Å². The number of aromatic nitrogens is 1. The zero-order valence-electron chi connectivity index (χ0n) is 32.0. The molecule has 1 atom stereocenters. The smallest absolute Gasteiger partial charge is 0.255 e. The second-order valence-corrected chi connectivity index (χ2v) is 14.0. The number of hydrogen-bond donors (Lipinski definition) is 6. The van der Waals surface area contributed by atoms with Crippen LogP contribution in [0.15, 0.2) is 77.3 Å². The Labute approximate surface area is 327 Å². The first-order valence-corrected chi connectivity index (χ1v) is 19.2. The van der Waals surface area contributed by atoms with Gasteiger partial charge in [0.05, 0.1) is 52.3 Å². The van der Waals surface area contributed by atoms with Crippen LogP contribution in [0.5, 0.6) is 17.2 Å². The molecule has 4 aromatic carbocycles. The van der Waals surface area contributed by atoms with Gasteiger partial charge in [0.25, 0.3) is 5.91 Å². The number of aryl methyl sites for hydroxylation is 1. The summed E-state index contributed by atoms with van der Waals surface area (Å²) in [5.41, 5.74) is 7.52. The predicted octanol–water partition coefficient (Wildman–Crippen LogP) is 7.34. The van der Waals surface area contributed by atoms with E-state index in [0.717, 1.165) is 67.3 Å². The van der Waals surface area contributed by atoms with E-state index in [4.69, 9.17) is 18.7 Å². The van der Waals surface area contributed by atoms with Crippen LogP contribution >= 0.6 is 0 Å². The predicted molar refractivity (Wildman–Crippen MR) is 212 cm³/mol. The molecule has 0 saturated carbocycles. The fourth-order valence-electron chi connectivity index (χ4n) is 6.96. The molecular weight excluding hydrogens is 714 g/mol. The van der Waals surface area contributed by atoms with E-state index >= 15 is 0 Å². The highest BCUT2D eigenvalue weighted by molar-refractivity contribution is 6.01. The fourth-order valence-corrected chi connectivity index (χ4v) is 6.96. The number of amides is 1. The van der Waals surface area contributed by atoms with Crippen LogP contribution in [-0.2, 0) is 26.4 Å². The maximum absolute atomic E-state index is 12.7. The summed E-state index contributed by atoms with van der Waals surface area (Å²) in [6.07, 6.45) is 6.84. The van der Waals surface area contributed by atoms with Gasteiger partial charge in [0, 0.05) is 28.4 Å². The molecule has 0 radical (unpaired) electrons. The largest absolute Gasteiger partial charge is 0.493 e. The number of ether oxygens (including phenoxy) is 3. The van der Waals surface area contributed by atoms with E-state index in [0.29, 0.717) is 75.3 Å². The summed E-state index contributed by atoms with van der Waals surface area (Å²) in [7, 11) is 1.60. The molecule has 296 valence electrons. The van der Waals surface area contributed by atoms with Crippen molar-refractivity contribution in [2.75, 3.05) is 25.6 Å². The van der Waals surface area contributed by atoms with E-state index in [2.05, 4.69) is 15.8 Å². The normalized spacial score (nSPS) is 13.5. The van der Waals surface area contributed by atoms with Gasteiger partial charge in [-0.05, 0) is 96.6 Å². The zero-order valence-corrected chi connectivity index (χ0v) is 32.0. The number of unbranched alkanes of at least 4 members (excludes halogenated alkanes) is 6. The number of nitrogens with one attached hydrogen (secondary N) is 2. The Bertz CT molecular complexity index is 2070. The summed E-state index contributed by atoms with van der Waals surface area (Å²) >= 11 is 0. The van der Waals surface area contributed by atoms with Gasteiger partial charge in [-0.2, -0.15) is 0 Å². The maximum Gasteiger partial charge on any atom is 0.255 e. The fraction of sp³-hybridized carbons (Fsp3) is 0.364. The molecule has 0 bridgehead atoms. The molecule has 56 heavy (non-hydrogen) atoms. The van der Waals surface area contributed by atoms with Crippen LogP contribution in [0.25, 0.3) is 22.6 Å². The number of anilines is 1. The van der Waals surface area contributed by atoms with Crippen LogP contribution < -0.4 is 24.8 Å². The van der Waals surface area contributed by atoms with Crippen molar-refractivity contribution < 1.29 is 44.0 Å². The van der Waals surface area contributed by atoms with Crippen LogP contribution in [0.3, 0.4) is 0 Å². The van der Waals surface area contributed by atoms with Crippen molar-refractivity contribution >= 4 is 11.6 Å². The molecule has 5 aromatic rings. The van der Waals surface area contributed by atoms with Gasteiger partial charge in [-0.25, -0.2) is 0 Å². The lowest BCUT2D eigenvalue weighted by Crippen LogP contribution is -2.38. The summed E-state index contributed by atoms with van der Waals surface area (Å²) in [4.78, 5) is 12.7. The molecule has 0 saturated heterocycles. The number of nitrogens with zero attached hydrogens (tertiary/aromatic N) is 1. The van der Waals surface area contributed by atoms with E-state index in [1.165, 1.54) is 0 Å². The third-order valence-corrected chi connectivity index (χ3v) is 10.1. The van der Waals surface area contributed by atoms with E-state index in [9.17, 15) is 25.2 Å². The van der Waals surface area contributed by atoms with Crippen molar-refractivity contribution in [2.24, 2.45) is 0 Å². The minimum atomic E-state index is -0.396. The zero-order chi connectivity index (χ0) is 39.4. The van der Waals surface area contributed by atoms with E-state index in [1.54, 1.807) is 25.3 Å². The molecule has 0 aliphatic carbocycles. The Hall–Kier alpha value is -5.40. The first-order chi connectivity index (χ1) is 27.3. The number of benzene rings is 4. The molecule has 1 unspecified atom stereocenters. The Morgan fingerprint density at radius 1 is 0.661 bits per heavy atom. The summed E-state index contributed by atoms with van der Waals surface area (Å²) < 4.78 is 23.3. The van der Waals surface area contributed by atoms with Crippen LogP contribution in [0.2, 0.25) is 0 Å². The number of hydrogen-bond acceptors (Lipinski definition) is 11. The molecule has 0 spiro atoms. The lowest BCUT2D eigenvalue weighted by molar-refractivity contribution is 0.0935. The van der Waals surface area contributed by atoms with Crippen molar-refractivity contribution in [1.82, 2.24) is 10.5 Å². The summed E-state index contributed by atoms with van der Waals surface area (Å²) in [5.74, 6) is 2.23. The van der Waals surface area contributed by atoms with Gasteiger partial charge < -0.3 is 49.8 Å². The van der Waals surface area contributed by atoms with E-state index < -0.39 is 6.17 Å². The van der Waals surface area contributed by atoms with Gasteiger partial charge in [-0.1, -0.05) is 55.0 Å². The number of aliphatic hydroxyl groups excluding tert-OH is 4. The van der Waals surface area contributed by atoms with Crippen LogP contribution in [0.4, 0.5) is 5.69 Å². The minimum absolute atomic E-state index is 0.128. The number of carbonyl (C=O) groups excluding carboxylic acids is 1. The van der Waals surface area contributed by atoms with Crippen LogP contribution in [-0.4, -0.2) is 51.8 Å². The van der Waals surface area contributed by atoms with Crippen molar-refractivity contribution in [3.63, 3.8) is 0 Å². The first kappa shape index (κ1) is 40.3. The summed E-state index contributed by atoms with van der Waals surface area (Å²) in [6, 6.07) is 22.2. The molecule has 0 fully saturated rings. The summed E-state index contributed by atoms with van der Waals surface area (Å²) in [5, 5.41) is 50.0. The molecule has 1 aromatic heterocycles. The van der Waals surface area contributed by atoms with Crippen LogP contribution in [0.1, 0.15) is 94.9 Å². The first-order valence-electron chi connectivity index (χ1n) is 19.2. The number of aliphatic hydroxyl groups is 4. The quantitative estimate of drug-likeness (QED) is 0.0438. The highest BCUT2D eigenvalue weighted by Gasteiger charge is 2.25. The Kier molecular flexibility index (Phi) is 14.0. The highest BCUT2D eigenvalue weighted by atomic mass is 16.5. The molecular formula is C44H51N3O9. The standard InChI is InChI=1S/C44H51N3O9/c1-28-10-13-37-35(18-28)44(52)46-43(45-37)30-12-14-39(34(19-30)26-50)54-16-8-6-4-3-5-7-9-17-55-42-22-29(11-15-40(42)53-2)38-23-41(56-47-38)31-20-32(24-48)36(27-51)33(21-31)25-49/h10-15,18-23,43,45,48-51H,3-9,16-17,24-27H2,1-2H3,(H,46,52). The molecule has 1 aliphatic heterocycles. The molecule has 12 nitrogen and oxygen atoms in total. The molecule has 2 heterocycles. The maximum atomic E-state index is 12.7. The van der Waals surface area contributed by atoms with Crippen molar-refractivity contribution in [3.8, 4) is 39.8 Å². The Balaban J connectivity index is 0.900. The number of rotatable bonds is 20. The van der Waals surface area contributed by atoms with Crippen LogP contribution in [0, 0.1) is 6.92 Å². The number of fused-ring (bicyclic) bond motifs is 1. The highest BCUT2D eigenvalue weighted by Crippen LogP contribution is 2.35. The van der Waals surface area contributed by atoms with Gasteiger partial charge in [0.1, 0.15) is 17.6 Å². The monoisotopic (exact) mass is 765 g/mol. The third-order valence-electron chi connectivity index (χ3n) is 10.1. The molecule has 6 N–H and O–H groups in total. The van der Waals surface area contributed by atoms with Crippen molar-refractivity contribution in [3.05, 3.63) is 112 Å². The molecule has 1 amide bonds. The lowest BCUT2D eigenvalue weighted by atomic mass is 9.97. The van der Waals surface area contributed by atoms with Gasteiger partial charge in [0.15, 0.2) is 17.3 Å². The lowest BCUT2D eigenvalue weighted by Gasteiger charge is -2.29. The van der Waals surface area contributed by atoms with Gasteiger partial charge in [-0.3, -0.25) is 4.79 Å². The summed E-state index contributed by atoms with van der Waals surface area (Å²) in [6.45, 7) is 2.06. The molecule has 6 rings (SSSR count). The topological polar surface area (TPSA) is 176 Å². The Morgan fingerprint density at radius 2 is 1.32 bits per heavy atom. The van der Waals surface area contributed by atoms with E-state index in [1.807, 2.05) is 61.5 Å². The van der Waals surface area contributed by atoms with Gasteiger partial charge in [0.2, 0.25) is 0 Å². The van der Waals surface area contributed by atoms with E-state index in [-0.39, 0.29) is 32.3 Å².